The van der Waals surface area contributed by atoms with Crippen LogP contribution in [0.15, 0.2) is 24.3 Å². The highest BCUT2D eigenvalue weighted by molar-refractivity contribution is 6.03. The van der Waals surface area contributed by atoms with Crippen LogP contribution in [0.3, 0.4) is 0 Å². The molecule has 3 rings (SSSR count). The summed E-state index contributed by atoms with van der Waals surface area (Å²) in [6.07, 6.45) is 4.11. The van der Waals surface area contributed by atoms with Crippen molar-refractivity contribution in [1.29, 1.82) is 0 Å². The van der Waals surface area contributed by atoms with Crippen molar-refractivity contribution in [3.05, 3.63) is 52.6 Å². The molecule has 0 atom stereocenters. The van der Waals surface area contributed by atoms with Crippen molar-refractivity contribution in [2.24, 2.45) is 0 Å². The molecule has 6 nitrogen and oxygen atoms in total. The lowest BCUT2D eigenvalue weighted by Crippen LogP contribution is -2.29. The molecular weight excluding hydrogens is 328 g/mol. The van der Waals surface area contributed by atoms with E-state index in [1.807, 2.05) is 38.1 Å². The van der Waals surface area contributed by atoms with Crippen LogP contribution in [0, 0.1) is 13.8 Å². The SMILES string of the molecule is Cc1ccc(NC(=O)CC(=O)NCc2nc(C)c3c(n2)CCCC3)cc1. The largest absolute Gasteiger partial charge is 0.348 e. The number of carbonyl (C=O) groups is 2. The number of hydrogen-bond acceptors (Lipinski definition) is 4. The lowest BCUT2D eigenvalue weighted by atomic mass is 9.95. The fourth-order valence-electron chi connectivity index (χ4n) is 3.15. The third kappa shape index (κ3) is 4.65. The first kappa shape index (κ1) is 18.0. The van der Waals surface area contributed by atoms with Crippen molar-refractivity contribution in [2.45, 2.75) is 52.5 Å². The summed E-state index contributed by atoms with van der Waals surface area (Å²) < 4.78 is 0. The summed E-state index contributed by atoms with van der Waals surface area (Å²) in [5.74, 6) is -0.0714. The number of benzene rings is 1. The van der Waals surface area contributed by atoms with Crippen molar-refractivity contribution >= 4 is 17.5 Å². The summed E-state index contributed by atoms with van der Waals surface area (Å²) in [5, 5.41) is 5.45. The summed E-state index contributed by atoms with van der Waals surface area (Å²) >= 11 is 0. The second-order valence-corrected chi connectivity index (χ2v) is 6.73. The van der Waals surface area contributed by atoms with Crippen molar-refractivity contribution in [3.63, 3.8) is 0 Å². The van der Waals surface area contributed by atoms with Crippen LogP contribution < -0.4 is 10.6 Å². The highest BCUT2D eigenvalue weighted by Gasteiger charge is 2.16. The van der Waals surface area contributed by atoms with Crippen LogP contribution in [-0.4, -0.2) is 21.8 Å². The van der Waals surface area contributed by atoms with E-state index in [9.17, 15) is 9.59 Å². The first-order valence-electron chi connectivity index (χ1n) is 9.00. The predicted octanol–water partition coefficient (Wildman–Crippen LogP) is 2.62. The Morgan fingerprint density at radius 3 is 2.50 bits per heavy atom. The lowest BCUT2D eigenvalue weighted by Gasteiger charge is -2.17. The van der Waals surface area contributed by atoms with Crippen LogP contribution >= 0.6 is 0 Å². The van der Waals surface area contributed by atoms with E-state index in [1.165, 1.54) is 12.0 Å². The maximum atomic E-state index is 12.0. The van der Waals surface area contributed by atoms with Crippen molar-refractivity contribution in [1.82, 2.24) is 15.3 Å². The third-order valence-electron chi connectivity index (χ3n) is 4.54. The van der Waals surface area contributed by atoms with Crippen LogP contribution in [0.25, 0.3) is 0 Å². The average Bonchev–Trinajstić information content (AvgIpc) is 2.62. The minimum atomic E-state index is -0.339. The van der Waals surface area contributed by atoms with Gasteiger partial charge in [-0.2, -0.15) is 0 Å². The van der Waals surface area contributed by atoms with E-state index in [2.05, 4.69) is 20.6 Å². The molecule has 2 aromatic rings. The second kappa shape index (κ2) is 8.08. The topological polar surface area (TPSA) is 84.0 Å². The van der Waals surface area contributed by atoms with Gasteiger partial charge in [-0.3, -0.25) is 9.59 Å². The predicted molar refractivity (Wildman–Crippen MR) is 99.7 cm³/mol. The Balaban J connectivity index is 1.51. The molecule has 0 aliphatic heterocycles. The van der Waals surface area contributed by atoms with Crippen LogP contribution in [-0.2, 0) is 29.0 Å². The zero-order valence-corrected chi connectivity index (χ0v) is 15.3. The normalized spacial score (nSPS) is 13.0. The molecule has 2 N–H and O–H groups in total. The number of fused-ring (bicyclic) bond motifs is 1. The molecule has 0 fully saturated rings. The van der Waals surface area contributed by atoms with Crippen molar-refractivity contribution < 1.29 is 9.59 Å². The number of amides is 2. The molecule has 2 amide bonds. The first-order chi connectivity index (χ1) is 12.5. The van der Waals surface area contributed by atoms with Crippen LogP contribution in [0.2, 0.25) is 0 Å². The molecule has 0 spiro atoms. The van der Waals surface area contributed by atoms with Gasteiger partial charge in [0.05, 0.1) is 6.54 Å². The van der Waals surface area contributed by atoms with Gasteiger partial charge in [0.1, 0.15) is 12.2 Å². The highest BCUT2D eigenvalue weighted by atomic mass is 16.2. The van der Waals surface area contributed by atoms with E-state index in [-0.39, 0.29) is 24.8 Å². The summed E-state index contributed by atoms with van der Waals surface area (Å²) in [7, 11) is 0. The number of rotatable bonds is 5. The minimum absolute atomic E-state index is 0.224. The van der Waals surface area contributed by atoms with Crippen molar-refractivity contribution in [2.75, 3.05) is 5.32 Å². The summed E-state index contributed by atoms with van der Waals surface area (Å²) in [6.45, 7) is 4.21. The Morgan fingerprint density at radius 2 is 1.73 bits per heavy atom. The summed E-state index contributed by atoms with van der Waals surface area (Å²) in [6, 6.07) is 7.45. The molecule has 0 bridgehead atoms. The van der Waals surface area contributed by atoms with E-state index in [0.29, 0.717) is 11.5 Å². The molecule has 0 radical (unpaired) electrons. The van der Waals surface area contributed by atoms with Gasteiger partial charge in [0.15, 0.2) is 0 Å². The molecule has 136 valence electrons. The number of anilines is 1. The number of nitrogens with zero attached hydrogens (tertiary/aromatic N) is 2. The Morgan fingerprint density at radius 1 is 1.00 bits per heavy atom. The molecule has 0 saturated carbocycles. The van der Waals surface area contributed by atoms with E-state index < -0.39 is 0 Å². The number of hydrogen-bond donors (Lipinski definition) is 2. The fraction of sp³-hybridized carbons (Fsp3) is 0.400. The molecule has 0 saturated heterocycles. The van der Waals surface area contributed by atoms with Crippen LogP contribution in [0.5, 0.6) is 0 Å². The third-order valence-corrected chi connectivity index (χ3v) is 4.54. The molecule has 26 heavy (non-hydrogen) atoms. The second-order valence-electron chi connectivity index (χ2n) is 6.73. The van der Waals surface area contributed by atoms with Gasteiger partial charge >= 0.3 is 0 Å². The summed E-state index contributed by atoms with van der Waals surface area (Å²) in [4.78, 5) is 33.0. The zero-order valence-electron chi connectivity index (χ0n) is 15.3. The fourth-order valence-corrected chi connectivity index (χ4v) is 3.15. The van der Waals surface area contributed by atoms with Gasteiger partial charge in [-0.05, 0) is 57.2 Å². The maximum Gasteiger partial charge on any atom is 0.233 e. The first-order valence-corrected chi connectivity index (χ1v) is 9.00. The smallest absolute Gasteiger partial charge is 0.233 e. The standard InChI is InChI=1S/C20H24N4O2/c1-13-7-9-15(10-8-13)23-20(26)11-19(25)21-12-18-22-14(2)16-5-3-4-6-17(16)24-18/h7-10H,3-6,11-12H2,1-2H3,(H,21,25)(H,23,26). The van der Waals surface area contributed by atoms with E-state index in [0.717, 1.165) is 36.2 Å². The van der Waals surface area contributed by atoms with Gasteiger partial charge in [-0.25, -0.2) is 9.97 Å². The number of nitrogens with one attached hydrogen (secondary N) is 2. The van der Waals surface area contributed by atoms with E-state index in [1.54, 1.807) is 0 Å². The quantitative estimate of drug-likeness (QED) is 0.810. The number of aromatic nitrogens is 2. The lowest BCUT2D eigenvalue weighted by molar-refractivity contribution is -0.126. The molecule has 1 aliphatic carbocycles. The van der Waals surface area contributed by atoms with Gasteiger partial charge in [-0.15, -0.1) is 0 Å². The average molecular weight is 352 g/mol. The summed E-state index contributed by atoms with van der Waals surface area (Å²) in [5.41, 5.74) is 5.15. The Kier molecular flexibility index (Phi) is 5.61. The molecule has 1 aliphatic rings. The molecule has 1 aromatic heterocycles. The molecule has 1 heterocycles. The Labute approximate surface area is 153 Å². The van der Waals surface area contributed by atoms with Crippen molar-refractivity contribution in [3.8, 4) is 0 Å². The Hall–Kier alpha value is -2.76. The van der Waals surface area contributed by atoms with Gasteiger partial charge < -0.3 is 10.6 Å². The minimum Gasteiger partial charge on any atom is -0.348 e. The highest BCUT2D eigenvalue weighted by Crippen LogP contribution is 2.21. The van der Waals surface area contributed by atoms with Gasteiger partial charge in [-0.1, -0.05) is 17.7 Å². The maximum absolute atomic E-state index is 12.0. The monoisotopic (exact) mass is 352 g/mol. The number of carbonyl (C=O) groups excluding carboxylic acids is 2. The Bertz CT molecular complexity index is 815. The molecule has 0 unspecified atom stereocenters. The molecular formula is C20H24N4O2. The van der Waals surface area contributed by atoms with Gasteiger partial charge in [0.2, 0.25) is 11.8 Å². The van der Waals surface area contributed by atoms with Crippen LogP contribution in [0.1, 0.15) is 47.6 Å². The molecule has 6 heteroatoms. The number of aryl methyl sites for hydroxylation is 3. The van der Waals surface area contributed by atoms with E-state index >= 15 is 0 Å². The van der Waals surface area contributed by atoms with Crippen LogP contribution in [0.4, 0.5) is 5.69 Å². The zero-order chi connectivity index (χ0) is 18.5. The van der Waals surface area contributed by atoms with E-state index in [4.69, 9.17) is 0 Å². The van der Waals surface area contributed by atoms with Gasteiger partial charge in [0, 0.05) is 17.1 Å². The van der Waals surface area contributed by atoms with Gasteiger partial charge in [0.25, 0.3) is 0 Å². The molecule has 1 aromatic carbocycles.